The van der Waals surface area contributed by atoms with E-state index in [1.807, 2.05) is 12.1 Å². The minimum absolute atomic E-state index is 0.0497. The molecule has 1 fully saturated rings. The van der Waals surface area contributed by atoms with Gasteiger partial charge in [-0.1, -0.05) is 47.5 Å². The van der Waals surface area contributed by atoms with Gasteiger partial charge in [0.15, 0.2) is 0 Å². The zero-order chi connectivity index (χ0) is 23.1. The van der Waals surface area contributed by atoms with Crippen LogP contribution in [0.2, 0.25) is 10.0 Å². The summed E-state index contributed by atoms with van der Waals surface area (Å²) in [7, 11) is -3.62. The van der Waals surface area contributed by atoms with E-state index in [0.717, 1.165) is 17.1 Å². The van der Waals surface area contributed by atoms with Gasteiger partial charge in [-0.3, -0.25) is 4.79 Å². The van der Waals surface area contributed by atoms with Crippen LogP contribution in [-0.4, -0.2) is 44.0 Å². The molecule has 0 spiro atoms. The van der Waals surface area contributed by atoms with Gasteiger partial charge < -0.3 is 5.32 Å². The van der Waals surface area contributed by atoms with E-state index < -0.39 is 15.8 Å². The quantitative estimate of drug-likeness (QED) is 0.487. The lowest BCUT2D eigenvalue weighted by atomic mass is 9.97. The Labute approximate surface area is 202 Å². The summed E-state index contributed by atoms with van der Waals surface area (Å²) in [4.78, 5) is 12.4. The van der Waals surface area contributed by atoms with Crippen LogP contribution in [0.3, 0.4) is 0 Å². The molecule has 0 bridgehead atoms. The van der Waals surface area contributed by atoms with E-state index in [1.165, 1.54) is 22.5 Å². The number of halogens is 3. The number of carbonyl (C=O) groups excluding carboxylic acids is 1. The van der Waals surface area contributed by atoms with Crippen LogP contribution in [0.1, 0.15) is 24.0 Å². The van der Waals surface area contributed by atoms with Gasteiger partial charge in [0.2, 0.25) is 15.9 Å². The maximum absolute atomic E-state index is 13.8. The van der Waals surface area contributed by atoms with Gasteiger partial charge in [-0.15, -0.1) is 0 Å². The standard InChI is InChI=1S/C22H25Cl2FN2O3S2/c23-19-6-5-16(13-20(19)24)14-31-12-9-26-22(28)17-7-10-27(11-8-17)32(29,30)15-18-3-1-2-4-21(18)25/h1-6,13,17H,7-12,14-15H2,(H,26,28). The fraction of sp³-hybridized carbons (Fsp3) is 0.409. The molecule has 1 aliphatic rings. The fourth-order valence-corrected chi connectivity index (χ4v) is 6.21. The van der Waals surface area contributed by atoms with E-state index in [9.17, 15) is 17.6 Å². The van der Waals surface area contributed by atoms with Crippen molar-refractivity contribution in [3.63, 3.8) is 0 Å². The van der Waals surface area contributed by atoms with Crippen LogP contribution in [0.25, 0.3) is 0 Å². The summed E-state index contributed by atoms with van der Waals surface area (Å²) >= 11 is 13.6. The van der Waals surface area contributed by atoms with E-state index in [-0.39, 0.29) is 36.2 Å². The first-order chi connectivity index (χ1) is 15.3. The van der Waals surface area contributed by atoms with Crippen molar-refractivity contribution in [3.05, 3.63) is 69.5 Å². The van der Waals surface area contributed by atoms with Gasteiger partial charge in [0.1, 0.15) is 5.82 Å². The van der Waals surface area contributed by atoms with Gasteiger partial charge in [0, 0.05) is 42.6 Å². The highest BCUT2D eigenvalue weighted by atomic mass is 35.5. The summed E-state index contributed by atoms with van der Waals surface area (Å²) in [6, 6.07) is 11.4. The third kappa shape index (κ3) is 7.09. The van der Waals surface area contributed by atoms with Crippen LogP contribution >= 0.6 is 35.0 Å². The van der Waals surface area contributed by atoms with E-state index in [1.54, 1.807) is 23.9 Å². The fourth-order valence-electron chi connectivity index (χ4n) is 3.51. The highest BCUT2D eigenvalue weighted by Crippen LogP contribution is 2.25. The second-order valence-corrected chi connectivity index (χ2v) is 11.5. The Morgan fingerprint density at radius 2 is 1.84 bits per heavy atom. The topological polar surface area (TPSA) is 66.5 Å². The second-order valence-electron chi connectivity index (χ2n) is 7.61. The minimum Gasteiger partial charge on any atom is -0.355 e. The van der Waals surface area contributed by atoms with Gasteiger partial charge in [-0.25, -0.2) is 17.1 Å². The molecule has 1 N–H and O–H groups in total. The van der Waals surface area contributed by atoms with Gasteiger partial charge in [0.05, 0.1) is 15.8 Å². The summed E-state index contributed by atoms with van der Waals surface area (Å²) in [5, 5.41) is 3.99. The molecule has 0 atom stereocenters. The number of piperidine rings is 1. The number of rotatable bonds is 9. The van der Waals surface area contributed by atoms with Gasteiger partial charge in [-0.05, 0) is 36.6 Å². The maximum Gasteiger partial charge on any atom is 0.223 e. The number of amides is 1. The Balaban J connectivity index is 1.37. The lowest BCUT2D eigenvalue weighted by Crippen LogP contribution is -2.43. The number of nitrogens with zero attached hydrogens (tertiary/aromatic N) is 1. The molecule has 32 heavy (non-hydrogen) atoms. The number of hydrogen-bond donors (Lipinski definition) is 1. The number of nitrogens with one attached hydrogen (secondary N) is 1. The first-order valence-electron chi connectivity index (χ1n) is 10.3. The molecule has 1 aliphatic heterocycles. The summed E-state index contributed by atoms with van der Waals surface area (Å²) < 4.78 is 40.4. The average molecular weight is 519 g/mol. The highest BCUT2D eigenvalue weighted by molar-refractivity contribution is 7.98. The normalized spacial score (nSPS) is 15.6. The lowest BCUT2D eigenvalue weighted by Gasteiger charge is -2.30. The molecule has 1 heterocycles. The number of sulfonamides is 1. The maximum atomic E-state index is 13.8. The second kappa shape index (κ2) is 11.7. The van der Waals surface area contributed by atoms with Crippen LogP contribution < -0.4 is 5.32 Å². The predicted molar refractivity (Wildman–Crippen MR) is 129 cm³/mol. The van der Waals surface area contributed by atoms with Crippen molar-refractivity contribution in [1.29, 1.82) is 0 Å². The summed E-state index contributed by atoms with van der Waals surface area (Å²) in [6.07, 6.45) is 0.914. The molecule has 2 aromatic carbocycles. The van der Waals surface area contributed by atoms with Crippen molar-refractivity contribution in [3.8, 4) is 0 Å². The molecule has 0 saturated carbocycles. The number of thioether (sulfide) groups is 1. The molecule has 0 unspecified atom stereocenters. The Bertz CT molecular complexity index is 1050. The largest absolute Gasteiger partial charge is 0.355 e. The highest BCUT2D eigenvalue weighted by Gasteiger charge is 2.31. The zero-order valence-electron chi connectivity index (χ0n) is 17.4. The Morgan fingerprint density at radius 1 is 1.12 bits per heavy atom. The molecule has 0 aliphatic carbocycles. The molecule has 10 heteroatoms. The Morgan fingerprint density at radius 3 is 2.53 bits per heavy atom. The predicted octanol–water partition coefficient (Wildman–Crippen LogP) is 4.72. The van der Waals surface area contributed by atoms with E-state index in [2.05, 4.69) is 5.32 Å². The van der Waals surface area contributed by atoms with Crippen molar-refractivity contribution in [2.45, 2.75) is 24.3 Å². The van der Waals surface area contributed by atoms with Crippen LogP contribution in [0.4, 0.5) is 4.39 Å². The molecule has 3 rings (SSSR count). The smallest absolute Gasteiger partial charge is 0.223 e. The molecule has 1 amide bonds. The third-order valence-corrected chi connectivity index (χ3v) is 8.91. The molecule has 174 valence electrons. The summed E-state index contributed by atoms with van der Waals surface area (Å²) in [5.74, 6) is 0.364. The monoisotopic (exact) mass is 518 g/mol. The summed E-state index contributed by atoms with van der Waals surface area (Å²) in [6.45, 7) is 1.07. The average Bonchev–Trinajstić information content (AvgIpc) is 2.77. The molecule has 0 aromatic heterocycles. The SMILES string of the molecule is O=C(NCCSCc1ccc(Cl)c(Cl)c1)C1CCN(S(=O)(=O)Cc2ccccc2F)CC1. The molecule has 5 nitrogen and oxygen atoms in total. The molecular weight excluding hydrogens is 494 g/mol. The molecule has 1 saturated heterocycles. The van der Waals surface area contributed by atoms with E-state index in [0.29, 0.717) is 29.4 Å². The zero-order valence-corrected chi connectivity index (χ0v) is 20.5. The summed E-state index contributed by atoms with van der Waals surface area (Å²) in [5.41, 5.74) is 1.23. The van der Waals surface area contributed by atoms with Gasteiger partial charge in [0.25, 0.3) is 0 Å². The number of benzene rings is 2. The van der Waals surface area contributed by atoms with Gasteiger partial charge >= 0.3 is 0 Å². The molecular formula is C22H25Cl2FN2O3S2. The minimum atomic E-state index is -3.62. The molecule has 2 aromatic rings. The lowest BCUT2D eigenvalue weighted by molar-refractivity contribution is -0.125. The Hall–Kier alpha value is -1.32. The Kier molecular flexibility index (Phi) is 9.25. The first-order valence-corrected chi connectivity index (χ1v) is 13.8. The van der Waals surface area contributed by atoms with E-state index in [4.69, 9.17) is 23.2 Å². The van der Waals surface area contributed by atoms with Crippen molar-refractivity contribution in [2.75, 3.05) is 25.4 Å². The van der Waals surface area contributed by atoms with Gasteiger partial charge in [-0.2, -0.15) is 11.8 Å². The van der Waals surface area contributed by atoms with Crippen molar-refractivity contribution in [2.24, 2.45) is 5.92 Å². The van der Waals surface area contributed by atoms with Crippen LogP contribution in [0, 0.1) is 11.7 Å². The van der Waals surface area contributed by atoms with Crippen molar-refractivity contribution in [1.82, 2.24) is 9.62 Å². The third-order valence-electron chi connectivity index (χ3n) is 5.31. The molecule has 0 radical (unpaired) electrons. The van der Waals surface area contributed by atoms with Crippen LogP contribution in [0.15, 0.2) is 42.5 Å². The number of hydrogen-bond acceptors (Lipinski definition) is 4. The van der Waals surface area contributed by atoms with Crippen molar-refractivity contribution >= 4 is 50.9 Å². The van der Waals surface area contributed by atoms with Crippen LogP contribution in [-0.2, 0) is 26.3 Å². The van der Waals surface area contributed by atoms with Crippen LogP contribution in [0.5, 0.6) is 0 Å². The number of carbonyl (C=O) groups is 1. The van der Waals surface area contributed by atoms with Crippen molar-refractivity contribution < 1.29 is 17.6 Å². The van der Waals surface area contributed by atoms with E-state index >= 15 is 0 Å². The first kappa shape index (κ1) is 25.3.